The number of carbonyl (C=O) groups is 1. The topological polar surface area (TPSA) is 66.5 Å². The monoisotopic (exact) mass is 240 g/mol. The number of hydrogen-bond donors (Lipinski definition) is 1. The normalized spacial score (nSPS) is 23.1. The summed E-state index contributed by atoms with van der Waals surface area (Å²) in [6.45, 7) is 0.590. The van der Waals surface area contributed by atoms with Crippen LogP contribution in [-0.4, -0.2) is 50.5 Å². The predicted octanol–water partition coefficient (Wildman–Crippen LogP) is -0.625. The number of rotatable bonds is 4. The maximum absolute atomic E-state index is 11.4. The molecule has 0 aromatic heterocycles. The second-order valence-corrected chi connectivity index (χ2v) is 5.48. The number of nitrogens with one attached hydrogen (secondary N) is 1. The van der Waals surface area contributed by atoms with Crippen molar-refractivity contribution in [1.29, 1.82) is 0 Å². The minimum atomic E-state index is -3.40. The van der Waals surface area contributed by atoms with Gasteiger partial charge in [0.15, 0.2) is 0 Å². The maximum Gasteiger partial charge on any atom is 0.240 e. The third-order valence-electron chi connectivity index (χ3n) is 2.10. The Balaban J connectivity index is 2.58. The smallest absolute Gasteiger partial charge is 0.240 e. The molecule has 1 unspecified atom stereocenters. The van der Waals surface area contributed by atoms with Gasteiger partial charge in [-0.3, -0.25) is 4.79 Å². The summed E-state index contributed by atoms with van der Waals surface area (Å²) in [5.74, 6) is -0.295. The molecule has 1 aliphatic heterocycles. The van der Waals surface area contributed by atoms with E-state index in [2.05, 4.69) is 4.72 Å². The molecule has 0 aromatic carbocycles. The Kier molecular flexibility index (Phi) is 3.74. The van der Waals surface area contributed by atoms with E-state index in [1.807, 2.05) is 0 Å². The Bertz CT molecular complexity index is 317. The fraction of sp³-hybridized carbons (Fsp3) is 0.857. The summed E-state index contributed by atoms with van der Waals surface area (Å²) in [7, 11) is -1.75. The van der Waals surface area contributed by atoms with Crippen molar-refractivity contribution < 1.29 is 13.2 Å². The SMILES string of the molecule is CN1CCC(NS(=O)(=O)CCCl)C1=O. The van der Waals surface area contributed by atoms with Gasteiger partial charge < -0.3 is 4.90 Å². The molecule has 7 heteroatoms. The van der Waals surface area contributed by atoms with E-state index >= 15 is 0 Å². The molecule has 0 radical (unpaired) electrons. The van der Waals surface area contributed by atoms with Crippen molar-refractivity contribution in [2.45, 2.75) is 12.5 Å². The number of hydrogen-bond acceptors (Lipinski definition) is 3. The molecule has 1 aliphatic rings. The van der Waals surface area contributed by atoms with Crippen LogP contribution in [0.25, 0.3) is 0 Å². The van der Waals surface area contributed by atoms with E-state index in [4.69, 9.17) is 11.6 Å². The van der Waals surface area contributed by atoms with Gasteiger partial charge in [-0.1, -0.05) is 0 Å². The summed E-state index contributed by atoms with van der Waals surface area (Å²) in [5.41, 5.74) is 0. The van der Waals surface area contributed by atoms with Crippen LogP contribution in [0.1, 0.15) is 6.42 Å². The molecule has 1 fully saturated rings. The van der Waals surface area contributed by atoms with Gasteiger partial charge in [0.05, 0.1) is 5.75 Å². The lowest BCUT2D eigenvalue weighted by atomic mass is 10.3. The van der Waals surface area contributed by atoms with Crippen molar-refractivity contribution in [3.05, 3.63) is 0 Å². The van der Waals surface area contributed by atoms with Gasteiger partial charge in [0.1, 0.15) is 6.04 Å². The van der Waals surface area contributed by atoms with Gasteiger partial charge in [0, 0.05) is 19.5 Å². The summed E-state index contributed by atoms with van der Waals surface area (Å²) in [6.07, 6.45) is 0.525. The highest BCUT2D eigenvalue weighted by Gasteiger charge is 2.31. The van der Waals surface area contributed by atoms with E-state index in [-0.39, 0.29) is 17.5 Å². The number of amides is 1. The number of likely N-dealkylation sites (N-methyl/N-ethyl adjacent to an activating group) is 1. The molecule has 1 rings (SSSR count). The highest BCUT2D eigenvalue weighted by atomic mass is 35.5. The van der Waals surface area contributed by atoms with Crippen molar-refractivity contribution in [3.8, 4) is 0 Å². The van der Waals surface area contributed by atoms with Gasteiger partial charge >= 0.3 is 0 Å². The number of likely N-dealkylation sites (tertiary alicyclic amines) is 1. The first-order valence-electron chi connectivity index (χ1n) is 4.27. The zero-order chi connectivity index (χ0) is 10.8. The van der Waals surface area contributed by atoms with E-state index in [1.54, 1.807) is 7.05 Å². The Hall–Kier alpha value is -0.330. The molecule has 5 nitrogen and oxygen atoms in total. The zero-order valence-corrected chi connectivity index (χ0v) is 9.44. The lowest BCUT2D eigenvalue weighted by Gasteiger charge is -2.11. The molecule has 0 aliphatic carbocycles. The van der Waals surface area contributed by atoms with E-state index in [1.165, 1.54) is 4.90 Å². The summed E-state index contributed by atoms with van der Waals surface area (Å²) < 4.78 is 24.9. The number of carbonyl (C=O) groups excluding carboxylic acids is 1. The van der Waals surface area contributed by atoms with Crippen LogP contribution in [0.5, 0.6) is 0 Å². The minimum Gasteiger partial charge on any atom is -0.344 e. The Morgan fingerprint density at radius 1 is 1.64 bits per heavy atom. The Morgan fingerprint density at radius 2 is 2.29 bits per heavy atom. The number of nitrogens with zero attached hydrogens (tertiary/aromatic N) is 1. The number of halogens is 1. The molecule has 1 saturated heterocycles. The minimum absolute atomic E-state index is 0.0338. The van der Waals surface area contributed by atoms with Crippen LogP contribution in [-0.2, 0) is 14.8 Å². The van der Waals surface area contributed by atoms with Crippen LogP contribution in [0.4, 0.5) is 0 Å². The van der Waals surface area contributed by atoms with Crippen molar-refractivity contribution in [2.75, 3.05) is 25.2 Å². The van der Waals surface area contributed by atoms with E-state index in [0.29, 0.717) is 13.0 Å². The third kappa shape index (κ3) is 2.83. The summed E-state index contributed by atoms with van der Waals surface area (Å²) in [4.78, 5) is 12.9. The van der Waals surface area contributed by atoms with Gasteiger partial charge in [-0.15, -0.1) is 11.6 Å². The van der Waals surface area contributed by atoms with Crippen LogP contribution in [0.15, 0.2) is 0 Å². The molecular formula is C7H13ClN2O3S. The van der Waals surface area contributed by atoms with Gasteiger partial charge in [0.25, 0.3) is 0 Å². The number of alkyl halides is 1. The fourth-order valence-corrected chi connectivity index (χ4v) is 2.89. The first kappa shape index (κ1) is 11.7. The molecule has 0 spiro atoms. The average Bonchev–Trinajstić information content (AvgIpc) is 2.35. The molecule has 0 aromatic rings. The molecule has 0 bridgehead atoms. The van der Waals surface area contributed by atoms with Gasteiger partial charge in [-0.05, 0) is 6.42 Å². The Morgan fingerprint density at radius 3 is 2.71 bits per heavy atom. The lowest BCUT2D eigenvalue weighted by molar-refractivity contribution is -0.127. The zero-order valence-electron chi connectivity index (χ0n) is 7.86. The molecule has 14 heavy (non-hydrogen) atoms. The first-order valence-corrected chi connectivity index (χ1v) is 6.46. The van der Waals surface area contributed by atoms with Gasteiger partial charge in [0.2, 0.25) is 15.9 Å². The highest BCUT2D eigenvalue weighted by Crippen LogP contribution is 2.09. The summed E-state index contributed by atoms with van der Waals surface area (Å²) in [5, 5.41) is 0. The predicted molar refractivity (Wildman–Crippen MR) is 53.7 cm³/mol. The van der Waals surface area contributed by atoms with Gasteiger partial charge in [-0.25, -0.2) is 13.1 Å². The standard InChI is InChI=1S/C7H13ClN2O3S/c1-10-4-2-6(7(10)11)9-14(12,13)5-3-8/h6,9H,2-5H2,1H3. The second-order valence-electron chi connectivity index (χ2n) is 3.23. The van der Waals surface area contributed by atoms with Crippen LogP contribution in [0.2, 0.25) is 0 Å². The van der Waals surface area contributed by atoms with Crippen LogP contribution < -0.4 is 4.72 Å². The average molecular weight is 241 g/mol. The molecule has 1 heterocycles. The molecular weight excluding hydrogens is 228 g/mol. The molecule has 82 valence electrons. The van der Waals surface area contributed by atoms with Crippen molar-refractivity contribution in [1.82, 2.24) is 9.62 Å². The van der Waals surface area contributed by atoms with Crippen LogP contribution in [0.3, 0.4) is 0 Å². The molecule has 1 N–H and O–H groups in total. The fourth-order valence-electron chi connectivity index (χ4n) is 1.31. The Labute approximate surface area is 88.5 Å². The molecule has 1 amide bonds. The molecule has 1 atom stereocenters. The van der Waals surface area contributed by atoms with Crippen LogP contribution in [0, 0.1) is 0 Å². The van der Waals surface area contributed by atoms with E-state index < -0.39 is 16.1 Å². The first-order chi connectivity index (χ1) is 6.46. The van der Waals surface area contributed by atoms with Crippen LogP contribution >= 0.6 is 11.6 Å². The van der Waals surface area contributed by atoms with Crippen molar-refractivity contribution in [3.63, 3.8) is 0 Å². The van der Waals surface area contributed by atoms with E-state index in [9.17, 15) is 13.2 Å². The van der Waals surface area contributed by atoms with Crippen molar-refractivity contribution >= 4 is 27.5 Å². The summed E-state index contributed by atoms with van der Waals surface area (Å²) >= 11 is 5.32. The maximum atomic E-state index is 11.4. The van der Waals surface area contributed by atoms with Gasteiger partial charge in [-0.2, -0.15) is 0 Å². The number of sulfonamides is 1. The quantitative estimate of drug-likeness (QED) is 0.666. The highest BCUT2D eigenvalue weighted by molar-refractivity contribution is 7.89. The summed E-state index contributed by atoms with van der Waals surface area (Å²) in [6, 6.07) is -0.604. The van der Waals surface area contributed by atoms with E-state index in [0.717, 1.165) is 0 Å². The van der Waals surface area contributed by atoms with Crippen molar-refractivity contribution in [2.24, 2.45) is 0 Å². The third-order valence-corrected chi connectivity index (χ3v) is 3.89. The molecule has 0 saturated carbocycles. The largest absolute Gasteiger partial charge is 0.344 e. The second kappa shape index (κ2) is 4.46. The lowest BCUT2D eigenvalue weighted by Crippen LogP contribution is -2.41.